The van der Waals surface area contributed by atoms with Crippen LogP contribution >= 0.6 is 0 Å². The molecular formula is C13H22N6O. The first-order valence-electron chi connectivity index (χ1n) is 6.85. The second-order valence-corrected chi connectivity index (χ2v) is 5.44. The van der Waals surface area contributed by atoms with Crippen molar-refractivity contribution < 1.29 is 4.79 Å². The Morgan fingerprint density at radius 3 is 2.70 bits per heavy atom. The number of aromatic nitrogens is 2. The molecule has 0 saturated carbocycles. The Bertz CT molecular complexity index is 490. The molecule has 0 aromatic carbocycles. The Balaban J connectivity index is 2.19. The number of anilines is 2. The third-order valence-corrected chi connectivity index (χ3v) is 3.57. The van der Waals surface area contributed by atoms with E-state index < -0.39 is 0 Å². The van der Waals surface area contributed by atoms with Gasteiger partial charge in [-0.05, 0) is 12.3 Å². The summed E-state index contributed by atoms with van der Waals surface area (Å²) in [5.74, 6) is 7.37. The first-order chi connectivity index (χ1) is 9.52. The number of carbonyl (C=O) groups is 1. The highest BCUT2D eigenvalue weighted by molar-refractivity contribution is 5.77. The van der Waals surface area contributed by atoms with Gasteiger partial charge in [-0.15, -0.1) is 0 Å². The fraction of sp³-hybridized carbons (Fsp3) is 0.615. The fourth-order valence-electron chi connectivity index (χ4n) is 2.50. The molecule has 7 nitrogen and oxygen atoms in total. The molecule has 110 valence electrons. The second-order valence-electron chi connectivity index (χ2n) is 5.44. The highest BCUT2D eigenvalue weighted by atomic mass is 16.2. The van der Waals surface area contributed by atoms with Gasteiger partial charge in [0.2, 0.25) is 5.91 Å². The van der Waals surface area contributed by atoms with E-state index in [0.717, 1.165) is 17.8 Å². The van der Waals surface area contributed by atoms with Gasteiger partial charge in [-0.2, -0.15) is 0 Å². The van der Waals surface area contributed by atoms with Crippen molar-refractivity contribution in [3.05, 3.63) is 11.9 Å². The SMILES string of the molecule is CC(C)c1c(NN)ncnc1NC1CCC(=O)N(C)C1. The van der Waals surface area contributed by atoms with E-state index in [1.807, 2.05) is 7.05 Å². The Kier molecular flexibility index (Phi) is 4.39. The van der Waals surface area contributed by atoms with Crippen LogP contribution in [0.4, 0.5) is 11.6 Å². The lowest BCUT2D eigenvalue weighted by Crippen LogP contribution is -2.43. The highest BCUT2D eigenvalue weighted by Crippen LogP contribution is 2.29. The topological polar surface area (TPSA) is 96.2 Å². The molecule has 1 unspecified atom stereocenters. The average molecular weight is 278 g/mol. The molecule has 20 heavy (non-hydrogen) atoms. The minimum absolute atomic E-state index is 0.194. The van der Waals surface area contributed by atoms with E-state index in [2.05, 4.69) is 34.6 Å². The quantitative estimate of drug-likeness (QED) is 0.560. The summed E-state index contributed by atoms with van der Waals surface area (Å²) in [5, 5.41) is 3.42. The van der Waals surface area contributed by atoms with E-state index in [-0.39, 0.29) is 17.9 Å². The first-order valence-corrected chi connectivity index (χ1v) is 6.85. The maximum absolute atomic E-state index is 11.5. The molecule has 0 aliphatic carbocycles. The lowest BCUT2D eigenvalue weighted by Gasteiger charge is -2.31. The molecule has 2 rings (SSSR count). The van der Waals surface area contributed by atoms with Crippen LogP contribution in [0.3, 0.4) is 0 Å². The number of carbonyl (C=O) groups excluding carboxylic acids is 1. The van der Waals surface area contributed by atoms with E-state index in [1.165, 1.54) is 6.33 Å². The van der Waals surface area contributed by atoms with Gasteiger partial charge in [-0.1, -0.05) is 13.8 Å². The van der Waals surface area contributed by atoms with Gasteiger partial charge in [0.05, 0.1) is 0 Å². The van der Waals surface area contributed by atoms with Gasteiger partial charge in [0.15, 0.2) is 0 Å². The standard InChI is InChI=1S/C13H22N6O/c1-8(2)11-12(15-7-16-13(11)18-14)17-9-4-5-10(20)19(3)6-9/h7-9H,4-6,14H2,1-3H3,(H2,15,16,17,18). The maximum Gasteiger partial charge on any atom is 0.222 e. The Hall–Kier alpha value is -1.89. The van der Waals surface area contributed by atoms with Gasteiger partial charge in [-0.3, -0.25) is 4.79 Å². The number of piperidine rings is 1. The van der Waals surface area contributed by atoms with Crippen molar-refractivity contribution in [3.63, 3.8) is 0 Å². The first kappa shape index (κ1) is 14.5. The molecular weight excluding hydrogens is 256 g/mol. The fourth-order valence-corrected chi connectivity index (χ4v) is 2.50. The van der Waals surface area contributed by atoms with Crippen molar-refractivity contribution in [2.45, 2.75) is 38.6 Å². The normalized spacial score (nSPS) is 19.4. The summed E-state index contributed by atoms with van der Waals surface area (Å²) in [6.07, 6.45) is 2.87. The predicted octanol–water partition coefficient (Wildman–Crippen LogP) is 0.918. The molecule has 1 saturated heterocycles. The average Bonchev–Trinajstić information content (AvgIpc) is 2.42. The van der Waals surface area contributed by atoms with Gasteiger partial charge in [-0.25, -0.2) is 15.8 Å². The Labute approximate surface area is 118 Å². The molecule has 1 aromatic rings. The van der Waals surface area contributed by atoms with Crippen LogP contribution < -0.4 is 16.6 Å². The minimum Gasteiger partial charge on any atom is -0.365 e. The molecule has 0 spiro atoms. The van der Waals surface area contributed by atoms with Crippen molar-refractivity contribution in [3.8, 4) is 0 Å². The third kappa shape index (κ3) is 2.98. The van der Waals surface area contributed by atoms with E-state index in [0.29, 0.717) is 18.8 Å². The summed E-state index contributed by atoms with van der Waals surface area (Å²) in [5.41, 5.74) is 3.58. The summed E-state index contributed by atoms with van der Waals surface area (Å²) < 4.78 is 0. The molecule has 1 aromatic heterocycles. The number of likely N-dealkylation sites (N-methyl/N-ethyl adjacent to an activating group) is 1. The van der Waals surface area contributed by atoms with E-state index in [4.69, 9.17) is 5.84 Å². The van der Waals surface area contributed by atoms with Gasteiger partial charge in [0.25, 0.3) is 0 Å². The summed E-state index contributed by atoms with van der Waals surface area (Å²) in [6, 6.07) is 0.204. The lowest BCUT2D eigenvalue weighted by atomic mass is 10.0. The van der Waals surface area contributed by atoms with Gasteiger partial charge < -0.3 is 15.6 Å². The van der Waals surface area contributed by atoms with Gasteiger partial charge in [0, 0.05) is 31.6 Å². The van der Waals surface area contributed by atoms with Crippen molar-refractivity contribution in [1.82, 2.24) is 14.9 Å². The van der Waals surface area contributed by atoms with E-state index >= 15 is 0 Å². The zero-order chi connectivity index (χ0) is 14.7. The number of amides is 1. The highest BCUT2D eigenvalue weighted by Gasteiger charge is 2.24. The number of likely N-dealkylation sites (tertiary alicyclic amines) is 1. The molecule has 1 amide bonds. The van der Waals surface area contributed by atoms with Crippen LogP contribution in [-0.2, 0) is 4.79 Å². The number of hydrazine groups is 1. The summed E-state index contributed by atoms with van der Waals surface area (Å²) in [7, 11) is 1.83. The van der Waals surface area contributed by atoms with Crippen molar-refractivity contribution in [1.29, 1.82) is 0 Å². The molecule has 7 heteroatoms. The van der Waals surface area contributed by atoms with Crippen LogP contribution in [0.1, 0.15) is 38.2 Å². The Morgan fingerprint density at radius 1 is 1.40 bits per heavy atom. The van der Waals surface area contributed by atoms with E-state index in [1.54, 1.807) is 4.90 Å². The van der Waals surface area contributed by atoms with Gasteiger partial charge in [0.1, 0.15) is 18.0 Å². The number of hydrogen-bond donors (Lipinski definition) is 3. The third-order valence-electron chi connectivity index (χ3n) is 3.57. The van der Waals surface area contributed by atoms with Gasteiger partial charge >= 0.3 is 0 Å². The number of nitrogen functional groups attached to an aromatic ring is 1. The molecule has 1 aliphatic rings. The second kappa shape index (κ2) is 6.04. The van der Waals surface area contributed by atoms with Crippen LogP contribution in [0, 0.1) is 0 Å². The molecule has 1 aliphatic heterocycles. The smallest absolute Gasteiger partial charge is 0.222 e. The lowest BCUT2D eigenvalue weighted by molar-refractivity contribution is -0.132. The largest absolute Gasteiger partial charge is 0.365 e. The Morgan fingerprint density at radius 2 is 2.10 bits per heavy atom. The summed E-state index contributed by atoms with van der Waals surface area (Å²) in [4.78, 5) is 21.7. The number of nitrogens with two attached hydrogens (primary N) is 1. The van der Waals surface area contributed by atoms with Crippen molar-refractivity contribution in [2.75, 3.05) is 24.3 Å². The number of rotatable bonds is 4. The number of nitrogens with zero attached hydrogens (tertiary/aromatic N) is 3. The number of hydrogen-bond acceptors (Lipinski definition) is 6. The van der Waals surface area contributed by atoms with Crippen LogP contribution in [0.25, 0.3) is 0 Å². The minimum atomic E-state index is 0.194. The summed E-state index contributed by atoms with van der Waals surface area (Å²) >= 11 is 0. The predicted molar refractivity (Wildman–Crippen MR) is 78.2 cm³/mol. The molecule has 0 bridgehead atoms. The zero-order valence-electron chi connectivity index (χ0n) is 12.2. The molecule has 4 N–H and O–H groups in total. The van der Waals surface area contributed by atoms with Crippen LogP contribution in [0.5, 0.6) is 0 Å². The zero-order valence-corrected chi connectivity index (χ0v) is 12.2. The maximum atomic E-state index is 11.5. The molecule has 1 atom stereocenters. The van der Waals surface area contributed by atoms with Crippen molar-refractivity contribution >= 4 is 17.5 Å². The molecule has 1 fully saturated rings. The van der Waals surface area contributed by atoms with E-state index in [9.17, 15) is 4.79 Å². The van der Waals surface area contributed by atoms with Crippen LogP contribution in [-0.4, -0.2) is 40.4 Å². The molecule has 2 heterocycles. The molecule has 0 radical (unpaired) electrons. The number of nitrogens with one attached hydrogen (secondary N) is 2. The van der Waals surface area contributed by atoms with Crippen molar-refractivity contribution in [2.24, 2.45) is 5.84 Å². The summed E-state index contributed by atoms with van der Waals surface area (Å²) in [6.45, 7) is 4.83. The monoisotopic (exact) mass is 278 g/mol. The van der Waals surface area contributed by atoms with Crippen LogP contribution in [0.2, 0.25) is 0 Å². The van der Waals surface area contributed by atoms with Crippen LogP contribution in [0.15, 0.2) is 6.33 Å².